The third kappa shape index (κ3) is 9.10. The summed E-state index contributed by atoms with van der Waals surface area (Å²) in [6, 6.07) is 10.1. The monoisotopic (exact) mass is 768 g/mol. The number of aromatic nitrogens is 6. The molecule has 0 amide bonds. The van der Waals surface area contributed by atoms with E-state index in [1.165, 1.54) is 80.7 Å². The van der Waals surface area contributed by atoms with Crippen LogP contribution in [0.5, 0.6) is 0 Å². The molecule has 2 aromatic carbocycles. The Morgan fingerprint density at radius 3 is 1.89 bits per heavy atom. The van der Waals surface area contributed by atoms with E-state index in [2.05, 4.69) is 20.6 Å². The van der Waals surface area contributed by atoms with Gasteiger partial charge in [-0.2, -0.15) is 0 Å². The largest absolute Gasteiger partial charge is 0.463 e. The zero-order chi connectivity index (χ0) is 38.5. The van der Waals surface area contributed by atoms with Gasteiger partial charge in [0.05, 0.1) is 18.4 Å². The zero-order valence-corrected chi connectivity index (χ0v) is 30.6. The molecule has 54 heavy (non-hydrogen) atoms. The molecule has 1 aliphatic heterocycles. The summed E-state index contributed by atoms with van der Waals surface area (Å²) in [5, 5.41) is 16.6. The first-order valence-corrected chi connectivity index (χ1v) is 18.1. The van der Waals surface area contributed by atoms with Gasteiger partial charge in [-0.1, -0.05) is 34.7 Å². The van der Waals surface area contributed by atoms with Gasteiger partial charge >= 0.3 is 23.9 Å². The number of ether oxygens (including phenoxy) is 5. The number of hydrogen-bond acceptors (Lipinski definition) is 14. The molecule has 3 heterocycles. The van der Waals surface area contributed by atoms with Gasteiger partial charge in [0.1, 0.15) is 53.3 Å². The fourth-order valence-corrected chi connectivity index (χ4v) is 8.38. The number of benzene rings is 2. The van der Waals surface area contributed by atoms with Gasteiger partial charge in [-0.05, 0) is 43.5 Å². The Hall–Kier alpha value is -5.23. The van der Waals surface area contributed by atoms with Gasteiger partial charge in [-0.3, -0.25) is 19.2 Å². The van der Waals surface area contributed by atoms with E-state index >= 15 is 0 Å². The summed E-state index contributed by atoms with van der Waals surface area (Å²) in [6.45, 7) is 4.57. The maximum atomic E-state index is 14.2. The lowest BCUT2D eigenvalue weighted by atomic mass is 9.92. The number of nitrogens with zero attached hydrogens (tertiary/aromatic N) is 6. The fourth-order valence-electron chi connectivity index (χ4n) is 6.77. The maximum absolute atomic E-state index is 14.2. The summed E-state index contributed by atoms with van der Waals surface area (Å²) in [5.41, 5.74) is 0.603. The summed E-state index contributed by atoms with van der Waals surface area (Å²) in [4.78, 5) is 49.8. The van der Waals surface area contributed by atoms with E-state index in [4.69, 9.17) is 23.7 Å². The first kappa shape index (κ1) is 38.5. The first-order valence-electron chi connectivity index (χ1n) is 17.2. The fraction of sp³-hybridized carbons (Fsp3) is 0.444. The zero-order valence-electron chi connectivity index (χ0n) is 29.7. The normalized spacial score (nSPS) is 25.4. The van der Waals surface area contributed by atoms with E-state index in [0.717, 1.165) is 0 Å². The molecule has 6 rings (SSSR count). The van der Waals surface area contributed by atoms with Gasteiger partial charge in [0.2, 0.25) is 0 Å². The Bertz CT molecular complexity index is 1990. The molecule has 2 aliphatic rings. The summed E-state index contributed by atoms with van der Waals surface area (Å²) in [5.74, 6) is -3.47. The third-order valence-corrected chi connectivity index (χ3v) is 10.4. The standard InChI is InChI=1S/C36H38F2N6O9S/c1-19(45)49-18-30-34(51-21(3)47)32(44-17-28(40-42-44)24-9-6-11-26(38)15-24)35(52-22(4)48)36(53-30)54-31-13-7-12-29(33(31)50-20(2)46)43-16-27(39-41-43)23-8-5-10-25(37)14-23/h5-6,8-11,14-17,29-36H,7,12-13,18H2,1-4H3/t29-,30+,31+,32-,33+,34-,35+,36-/m0/s1. The molecule has 0 N–H and O–H groups in total. The smallest absolute Gasteiger partial charge is 0.303 e. The van der Waals surface area contributed by atoms with Crippen molar-refractivity contribution in [3.05, 3.63) is 72.6 Å². The molecule has 4 aromatic rings. The van der Waals surface area contributed by atoms with Gasteiger partial charge in [-0.15, -0.1) is 22.0 Å². The molecule has 0 bridgehead atoms. The molecule has 2 fully saturated rings. The number of esters is 4. The second-order valence-corrected chi connectivity index (χ2v) is 14.3. The lowest BCUT2D eigenvalue weighted by molar-refractivity contribution is -0.212. The van der Waals surface area contributed by atoms with Crippen LogP contribution in [0.3, 0.4) is 0 Å². The van der Waals surface area contributed by atoms with Crippen LogP contribution in [0.4, 0.5) is 8.78 Å². The SMILES string of the molecule is CC(=O)OC[C@H]1O[C@@H](S[C@@H]2CCC[C@H](n3cc(-c4cccc(F)c4)nn3)[C@H]2OC(C)=O)[C@H](OC(C)=O)[C@@H](n2cc(-c3cccc(F)c3)nn2)[C@H]1OC(C)=O. The van der Waals surface area contributed by atoms with E-state index < -0.39 is 82.7 Å². The van der Waals surface area contributed by atoms with Gasteiger partial charge < -0.3 is 23.7 Å². The Morgan fingerprint density at radius 1 is 0.759 bits per heavy atom. The van der Waals surface area contributed by atoms with Crippen LogP contribution in [0, 0.1) is 11.6 Å². The Balaban J connectivity index is 1.37. The van der Waals surface area contributed by atoms with Crippen molar-refractivity contribution in [1.29, 1.82) is 0 Å². The molecule has 1 aliphatic carbocycles. The maximum Gasteiger partial charge on any atom is 0.303 e. The molecule has 1 saturated heterocycles. The molecule has 0 unspecified atom stereocenters. The number of halogens is 2. The van der Waals surface area contributed by atoms with Crippen molar-refractivity contribution in [2.45, 2.75) is 94.1 Å². The van der Waals surface area contributed by atoms with Crippen LogP contribution in [0.25, 0.3) is 22.5 Å². The molecule has 15 nitrogen and oxygen atoms in total. The molecule has 2 aromatic heterocycles. The Labute approximate surface area is 312 Å². The van der Waals surface area contributed by atoms with Crippen molar-refractivity contribution >= 4 is 35.6 Å². The Kier molecular flexibility index (Phi) is 12.0. The van der Waals surface area contributed by atoms with E-state index in [9.17, 15) is 28.0 Å². The van der Waals surface area contributed by atoms with E-state index in [0.29, 0.717) is 36.1 Å². The number of carbonyl (C=O) groups is 4. The second kappa shape index (κ2) is 16.8. The molecule has 8 atom stereocenters. The minimum Gasteiger partial charge on any atom is -0.463 e. The van der Waals surface area contributed by atoms with Crippen molar-refractivity contribution in [1.82, 2.24) is 30.0 Å². The minimum atomic E-state index is -1.22. The molecule has 1 saturated carbocycles. The van der Waals surface area contributed by atoms with Crippen molar-refractivity contribution < 1.29 is 51.6 Å². The van der Waals surface area contributed by atoms with Crippen molar-refractivity contribution in [3.63, 3.8) is 0 Å². The second-order valence-electron chi connectivity index (χ2n) is 12.9. The van der Waals surface area contributed by atoms with Gasteiger partial charge in [0, 0.05) is 44.1 Å². The molecule has 0 spiro atoms. The number of carbonyl (C=O) groups excluding carboxylic acids is 4. The van der Waals surface area contributed by atoms with E-state index in [-0.39, 0.29) is 12.3 Å². The number of rotatable bonds is 11. The quantitative estimate of drug-likeness (QED) is 0.152. The van der Waals surface area contributed by atoms with Crippen LogP contribution in [0.15, 0.2) is 60.9 Å². The molecule has 286 valence electrons. The lowest BCUT2D eigenvalue weighted by Gasteiger charge is -2.46. The third-order valence-electron chi connectivity index (χ3n) is 8.92. The van der Waals surface area contributed by atoms with Crippen LogP contribution in [0.1, 0.15) is 59.0 Å². The van der Waals surface area contributed by atoms with Gasteiger partial charge in [0.15, 0.2) is 12.2 Å². The summed E-state index contributed by atoms with van der Waals surface area (Å²) in [7, 11) is 0. The highest BCUT2D eigenvalue weighted by atomic mass is 32.2. The predicted octanol–water partition coefficient (Wildman–Crippen LogP) is 4.63. The van der Waals surface area contributed by atoms with Crippen molar-refractivity contribution in [2.75, 3.05) is 6.61 Å². The van der Waals surface area contributed by atoms with Gasteiger partial charge in [-0.25, -0.2) is 18.1 Å². The topological polar surface area (TPSA) is 176 Å². The van der Waals surface area contributed by atoms with E-state index in [1.807, 2.05) is 0 Å². The molecule has 0 radical (unpaired) electrons. The molecule has 18 heteroatoms. The average molecular weight is 769 g/mol. The summed E-state index contributed by atoms with van der Waals surface area (Å²) in [6.07, 6.45) is 0.638. The lowest BCUT2D eigenvalue weighted by Crippen LogP contribution is -2.58. The number of hydrogen-bond donors (Lipinski definition) is 0. The first-order chi connectivity index (χ1) is 25.9. The van der Waals surface area contributed by atoms with Crippen molar-refractivity contribution in [3.8, 4) is 22.5 Å². The van der Waals surface area contributed by atoms with Crippen LogP contribution in [-0.4, -0.2) is 95.6 Å². The van der Waals surface area contributed by atoms with Crippen LogP contribution < -0.4 is 0 Å². The van der Waals surface area contributed by atoms with E-state index in [1.54, 1.807) is 29.1 Å². The van der Waals surface area contributed by atoms with Crippen LogP contribution in [0.2, 0.25) is 0 Å². The van der Waals surface area contributed by atoms with Gasteiger partial charge in [0.25, 0.3) is 0 Å². The summed E-state index contributed by atoms with van der Waals surface area (Å²) >= 11 is 1.23. The van der Waals surface area contributed by atoms with Crippen molar-refractivity contribution in [2.24, 2.45) is 0 Å². The minimum absolute atomic E-state index is 0.278. The highest BCUT2D eigenvalue weighted by Crippen LogP contribution is 2.45. The average Bonchev–Trinajstić information content (AvgIpc) is 3.80. The predicted molar refractivity (Wildman–Crippen MR) is 186 cm³/mol. The number of thioether (sulfide) groups is 1. The summed E-state index contributed by atoms with van der Waals surface area (Å²) < 4.78 is 60.6. The van der Waals surface area contributed by atoms with Crippen LogP contribution >= 0.6 is 11.8 Å². The highest BCUT2D eigenvalue weighted by molar-refractivity contribution is 8.00. The molecular weight excluding hydrogens is 730 g/mol. The Morgan fingerprint density at radius 2 is 1.31 bits per heavy atom. The molecular formula is C36H38F2N6O9S. The highest BCUT2D eigenvalue weighted by Gasteiger charge is 2.53. The van der Waals surface area contributed by atoms with Crippen LogP contribution in [-0.2, 0) is 42.9 Å².